The predicted octanol–water partition coefficient (Wildman–Crippen LogP) is 3.37. The molecule has 1 saturated heterocycles. The zero-order valence-electron chi connectivity index (χ0n) is 30.3. The summed E-state index contributed by atoms with van der Waals surface area (Å²) in [6.45, 7) is -0.351. The van der Waals surface area contributed by atoms with Crippen molar-refractivity contribution in [2.45, 2.75) is 47.6 Å². The van der Waals surface area contributed by atoms with E-state index in [2.05, 4.69) is 4.98 Å². The van der Waals surface area contributed by atoms with Crippen LogP contribution in [-0.4, -0.2) is 71.5 Å². The molecule has 1 N–H and O–H groups in total. The van der Waals surface area contributed by atoms with E-state index in [9.17, 15) is 33.5 Å². The number of rotatable bonds is 8. The van der Waals surface area contributed by atoms with Gasteiger partial charge in [-0.15, -0.1) is 23.2 Å². The molecule has 2 amide bonds. The van der Waals surface area contributed by atoms with Gasteiger partial charge in [-0.1, -0.05) is 12.1 Å². The molecule has 2 fully saturated rings. The fourth-order valence-corrected chi connectivity index (χ4v) is 9.15. The molecule has 4 unspecified atom stereocenters. The molecule has 56 heavy (non-hydrogen) atoms. The Morgan fingerprint density at radius 2 is 1.57 bits per heavy atom. The number of imide groups is 1. The zero-order valence-corrected chi connectivity index (χ0v) is 31.8. The van der Waals surface area contributed by atoms with Crippen molar-refractivity contribution in [1.82, 2.24) is 23.5 Å². The minimum Gasteiger partial charge on any atom is -0.504 e. The molecule has 2 aromatic heterocycles. The van der Waals surface area contributed by atoms with Crippen molar-refractivity contribution < 1.29 is 33.3 Å². The summed E-state index contributed by atoms with van der Waals surface area (Å²) in [5.41, 5.74) is -0.120. The Labute approximate surface area is 326 Å². The molecule has 290 valence electrons. The third-order valence-electron chi connectivity index (χ3n) is 11.0. The lowest BCUT2D eigenvalue weighted by atomic mass is 9.64. The maximum Gasteiger partial charge on any atom is 0.347 e. The second-order valence-electron chi connectivity index (χ2n) is 13.7. The van der Waals surface area contributed by atoms with Crippen molar-refractivity contribution >= 4 is 51.7 Å². The highest BCUT2D eigenvalue weighted by atomic mass is 35.5. The lowest BCUT2D eigenvalue weighted by Crippen LogP contribution is -2.59. The fraction of sp³-hybridized carbons (Fsp3) is 0.316. The number of methoxy groups -OCH3 is 3. The number of nitrogens with zero attached hydrogens (tertiary/aromatic N) is 6. The van der Waals surface area contributed by atoms with Crippen molar-refractivity contribution in [3.8, 4) is 23.0 Å². The number of phenols is 1. The van der Waals surface area contributed by atoms with Gasteiger partial charge >= 0.3 is 11.4 Å². The Morgan fingerprint density at radius 1 is 0.893 bits per heavy atom. The summed E-state index contributed by atoms with van der Waals surface area (Å²) in [6, 6.07) is 11.2. The van der Waals surface area contributed by atoms with Gasteiger partial charge in [-0.3, -0.25) is 14.4 Å². The molecule has 0 spiro atoms. The number of halogens is 3. The van der Waals surface area contributed by atoms with Crippen LogP contribution in [0.1, 0.15) is 29.6 Å². The first-order chi connectivity index (χ1) is 26.7. The van der Waals surface area contributed by atoms with E-state index < -0.39 is 56.3 Å². The van der Waals surface area contributed by atoms with Crippen LogP contribution in [0, 0.1) is 5.82 Å². The highest BCUT2D eigenvalue weighted by Gasteiger charge is 2.75. The Morgan fingerprint density at radius 3 is 2.25 bits per heavy atom. The monoisotopic (exact) mass is 806 g/mol. The van der Waals surface area contributed by atoms with Gasteiger partial charge in [0.1, 0.15) is 11.5 Å². The van der Waals surface area contributed by atoms with Crippen LogP contribution in [0.15, 0.2) is 80.6 Å². The average Bonchev–Trinajstić information content (AvgIpc) is 3.52. The molecule has 2 aliphatic heterocycles. The minimum atomic E-state index is -2.21. The summed E-state index contributed by atoms with van der Waals surface area (Å²) in [4.78, 5) is 71.7. The first kappa shape index (κ1) is 37.1. The lowest BCUT2D eigenvalue weighted by Gasteiger charge is -2.49. The van der Waals surface area contributed by atoms with E-state index in [0.29, 0.717) is 33.7 Å². The molecular weight excluding hydrogens is 774 g/mol. The summed E-state index contributed by atoms with van der Waals surface area (Å²) < 4.78 is 34.9. The van der Waals surface area contributed by atoms with Crippen molar-refractivity contribution in [1.29, 1.82) is 0 Å². The highest BCUT2D eigenvalue weighted by Crippen LogP contribution is 2.64. The van der Waals surface area contributed by atoms with Crippen LogP contribution in [0.25, 0.3) is 11.0 Å². The SMILES string of the molecule is COc1cc(C2C3=CCn4c(=O)n(CCc5nc6cc(OC)c(OC)cc6n(C)c5=O)c(=O)n4C3CC3(Cl)C(=O)N(c4ccc(F)cc4)C(=O)C23Cl)ccc1O. The van der Waals surface area contributed by atoms with Crippen LogP contribution >= 0.6 is 23.2 Å². The summed E-state index contributed by atoms with van der Waals surface area (Å²) >= 11 is 14.8. The van der Waals surface area contributed by atoms with Crippen LogP contribution in [-0.2, 0) is 36.1 Å². The third kappa shape index (κ3) is 5.08. The van der Waals surface area contributed by atoms with E-state index >= 15 is 0 Å². The molecule has 3 aliphatic rings. The van der Waals surface area contributed by atoms with E-state index in [1.165, 1.54) is 65.6 Å². The smallest absolute Gasteiger partial charge is 0.347 e. The van der Waals surface area contributed by atoms with Gasteiger partial charge < -0.3 is 23.9 Å². The number of alkyl halides is 2. The Bertz CT molecular complexity index is 2720. The molecule has 1 aliphatic carbocycles. The van der Waals surface area contributed by atoms with Crippen molar-refractivity contribution in [3.05, 3.63) is 115 Å². The number of ether oxygens (including phenoxy) is 3. The van der Waals surface area contributed by atoms with Crippen LogP contribution < -0.4 is 36.0 Å². The molecule has 18 heteroatoms. The molecule has 4 atom stereocenters. The number of anilines is 1. The molecule has 15 nitrogen and oxygen atoms in total. The third-order valence-corrected chi connectivity index (χ3v) is 12.4. The van der Waals surface area contributed by atoms with E-state index in [1.807, 2.05) is 0 Å². The van der Waals surface area contributed by atoms with Crippen molar-refractivity contribution in [2.75, 3.05) is 26.2 Å². The molecule has 0 radical (unpaired) electrons. The maximum absolute atomic E-state index is 14.5. The van der Waals surface area contributed by atoms with Gasteiger partial charge in [0.05, 0.1) is 50.6 Å². The second kappa shape index (κ2) is 13.1. The van der Waals surface area contributed by atoms with E-state index in [4.69, 9.17) is 37.4 Å². The summed E-state index contributed by atoms with van der Waals surface area (Å²) in [6.07, 6.45) is 1.18. The Kier molecular flexibility index (Phi) is 8.69. The number of fused-ring (bicyclic) bond motifs is 5. The van der Waals surface area contributed by atoms with Gasteiger partial charge in [-0.05, 0) is 47.5 Å². The number of hydrogen-bond donors (Lipinski definition) is 1. The van der Waals surface area contributed by atoms with E-state index in [1.54, 1.807) is 25.3 Å². The van der Waals surface area contributed by atoms with Crippen LogP contribution in [0.5, 0.6) is 23.0 Å². The first-order valence-electron chi connectivity index (χ1n) is 17.3. The maximum atomic E-state index is 14.5. The van der Waals surface area contributed by atoms with Crippen molar-refractivity contribution in [2.24, 2.45) is 7.05 Å². The van der Waals surface area contributed by atoms with Gasteiger partial charge in [-0.25, -0.2) is 37.8 Å². The van der Waals surface area contributed by atoms with Crippen LogP contribution in [0.2, 0.25) is 0 Å². The number of aromatic nitrogens is 5. The minimum absolute atomic E-state index is 0.0288. The number of allylic oxidation sites excluding steroid dienone is 2. The van der Waals surface area contributed by atoms with E-state index in [0.717, 1.165) is 21.6 Å². The number of hydrogen-bond acceptors (Lipinski definition) is 10. The normalized spacial score (nSPS) is 22.8. The molecule has 0 bridgehead atoms. The summed E-state index contributed by atoms with van der Waals surface area (Å²) in [7, 11) is 5.85. The number of carbonyl (C=O) groups excluding carboxylic acids is 2. The number of amides is 2. The van der Waals surface area contributed by atoms with Gasteiger partial charge in [0.2, 0.25) is 0 Å². The standard InChI is InChI=1S/C38H33Cl2FN6O9/c1-43-25-17-30(56-4)29(55-3)16-24(25)42-23(32(43)49)12-13-44-35(52)45-14-11-22-26(47(45)36(44)53)18-37(39)33(50)46(21-8-6-20(41)7-9-21)34(51)38(37,40)31(22)19-5-10-27(48)28(15-19)54-2/h5-11,15-17,26,31,48H,12-14,18H2,1-4H3. The largest absolute Gasteiger partial charge is 0.504 e. The fourth-order valence-electron chi connectivity index (χ4n) is 8.24. The number of benzene rings is 3. The predicted molar refractivity (Wildman–Crippen MR) is 202 cm³/mol. The van der Waals surface area contributed by atoms with Crippen molar-refractivity contribution in [3.63, 3.8) is 0 Å². The molecule has 5 aromatic rings. The number of aryl methyl sites for hydroxylation is 2. The molecule has 1 saturated carbocycles. The summed E-state index contributed by atoms with van der Waals surface area (Å²) in [5, 5.41) is 10.5. The molecule has 4 heterocycles. The molecule has 3 aromatic carbocycles. The molecular formula is C38H33Cl2FN6O9. The Hall–Kier alpha value is -5.87. The quantitative estimate of drug-likeness (QED) is 0.140. The highest BCUT2D eigenvalue weighted by molar-refractivity contribution is 6.58. The van der Waals surface area contributed by atoms with Crippen LogP contribution in [0.4, 0.5) is 10.1 Å². The van der Waals surface area contributed by atoms with Gasteiger partial charge in [-0.2, -0.15) is 0 Å². The Balaban J connectivity index is 1.23. The van der Waals surface area contributed by atoms with Crippen LogP contribution in [0.3, 0.4) is 0 Å². The number of aromatic hydroxyl groups is 1. The van der Waals surface area contributed by atoms with Gasteiger partial charge in [0.15, 0.2) is 32.7 Å². The topological polar surface area (TPSA) is 169 Å². The lowest BCUT2D eigenvalue weighted by molar-refractivity contribution is -0.122. The van der Waals surface area contributed by atoms with Gasteiger partial charge in [0.25, 0.3) is 17.4 Å². The average molecular weight is 808 g/mol. The van der Waals surface area contributed by atoms with Gasteiger partial charge in [0, 0.05) is 44.5 Å². The summed E-state index contributed by atoms with van der Waals surface area (Å²) in [5.74, 6) is -2.95. The second-order valence-corrected chi connectivity index (χ2v) is 15.0. The molecule has 8 rings (SSSR count). The number of phenolic OH excluding ortho intramolecular Hbond substituents is 1. The zero-order chi connectivity index (χ0) is 40.0. The number of carbonyl (C=O) groups is 2. The van der Waals surface area contributed by atoms with E-state index in [-0.39, 0.29) is 48.8 Å². The first-order valence-corrected chi connectivity index (χ1v) is 18.1.